The van der Waals surface area contributed by atoms with Gasteiger partial charge in [-0.3, -0.25) is 4.79 Å². The number of hydrogen-bond donors (Lipinski definition) is 2. The Morgan fingerprint density at radius 3 is 2.68 bits per heavy atom. The van der Waals surface area contributed by atoms with Crippen molar-refractivity contribution in [3.63, 3.8) is 0 Å². The van der Waals surface area contributed by atoms with Gasteiger partial charge in [0.25, 0.3) is 5.91 Å². The van der Waals surface area contributed by atoms with E-state index >= 15 is 0 Å². The van der Waals surface area contributed by atoms with E-state index in [9.17, 15) is 4.79 Å². The normalized spacial score (nSPS) is 11.7. The first-order valence-electron chi connectivity index (χ1n) is 6.20. The molecule has 1 aromatic heterocycles. The van der Waals surface area contributed by atoms with Gasteiger partial charge in [-0.2, -0.15) is 0 Å². The van der Waals surface area contributed by atoms with Gasteiger partial charge in [0.05, 0.1) is 24.0 Å². The van der Waals surface area contributed by atoms with Crippen molar-refractivity contribution in [3.8, 4) is 0 Å². The summed E-state index contributed by atoms with van der Waals surface area (Å²) in [5.74, 6) is 0.423. The van der Waals surface area contributed by atoms with E-state index in [2.05, 4.69) is 15.3 Å². The molecule has 0 saturated heterocycles. The van der Waals surface area contributed by atoms with Gasteiger partial charge in [0.1, 0.15) is 5.82 Å². The zero-order chi connectivity index (χ0) is 14.6. The highest BCUT2D eigenvalue weighted by atomic mass is 16.5. The highest BCUT2D eigenvalue weighted by Gasteiger charge is 2.23. The van der Waals surface area contributed by atoms with Gasteiger partial charge < -0.3 is 15.8 Å². The Balaban J connectivity index is 2.96. The lowest BCUT2D eigenvalue weighted by atomic mass is 10.1. The number of aromatic nitrogens is 2. The molecule has 1 amide bonds. The SMILES string of the molecule is COCC(C)(C)NC(=O)c1nc(C(C)C)ncc1N. The summed E-state index contributed by atoms with van der Waals surface area (Å²) in [5.41, 5.74) is 5.77. The second-order valence-corrected chi connectivity index (χ2v) is 5.46. The monoisotopic (exact) mass is 266 g/mol. The van der Waals surface area contributed by atoms with E-state index in [1.807, 2.05) is 27.7 Å². The van der Waals surface area contributed by atoms with E-state index in [1.165, 1.54) is 6.20 Å². The van der Waals surface area contributed by atoms with Crippen LogP contribution in [0.3, 0.4) is 0 Å². The van der Waals surface area contributed by atoms with Crippen molar-refractivity contribution < 1.29 is 9.53 Å². The number of hydrogen-bond acceptors (Lipinski definition) is 5. The van der Waals surface area contributed by atoms with Crippen LogP contribution in [-0.4, -0.2) is 35.1 Å². The summed E-state index contributed by atoms with van der Waals surface area (Å²) in [6, 6.07) is 0. The van der Waals surface area contributed by atoms with Gasteiger partial charge in [0.15, 0.2) is 5.69 Å². The average molecular weight is 266 g/mol. The van der Waals surface area contributed by atoms with Gasteiger partial charge in [-0.15, -0.1) is 0 Å². The molecule has 6 nitrogen and oxygen atoms in total. The number of nitrogens with zero attached hydrogens (tertiary/aromatic N) is 2. The van der Waals surface area contributed by atoms with Crippen LogP contribution in [0.4, 0.5) is 5.69 Å². The summed E-state index contributed by atoms with van der Waals surface area (Å²) < 4.78 is 5.06. The minimum atomic E-state index is -0.485. The first-order valence-corrected chi connectivity index (χ1v) is 6.20. The number of nitrogen functional groups attached to an aromatic ring is 1. The Bertz CT molecular complexity index is 458. The molecular weight excluding hydrogens is 244 g/mol. The topological polar surface area (TPSA) is 90.1 Å². The van der Waals surface area contributed by atoms with Crippen molar-refractivity contribution in [2.24, 2.45) is 0 Å². The van der Waals surface area contributed by atoms with Crippen molar-refractivity contribution in [3.05, 3.63) is 17.7 Å². The highest BCUT2D eigenvalue weighted by Crippen LogP contribution is 2.14. The van der Waals surface area contributed by atoms with Crippen molar-refractivity contribution >= 4 is 11.6 Å². The fourth-order valence-electron chi connectivity index (χ4n) is 1.63. The molecule has 0 aliphatic carbocycles. The number of ether oxygens (including phenoxy) is 1. The molecule has 6 heteroatoms. The lowest BCUT2D eigenvalue weighted by molar-refractivity contribution is 0.0815. The summed E-state index contributed by atoms with van der Waals surface area (Å²) in [6.07, 6.45) is 1.47. The lowest BCUT2D eigenvalue weighted by Gasteiger charge is -2.25. The van der Waals surface area contributed by atoms with Gasteiger partial charge in [0, 0.05) is 13.0 Å². The van der Waals surface area contributed by atoms with Crippen LogP contribution < -0.4 is 11.1 Å². The van der Waals surface area contributed by atoms with Crippen LogP contribution in [-0.2, 0) is 4.74 Å². The smallest absolute Gasteiger partial charge is 0.272 e. The molecule has 0 atom stereocenters. The summed E-state index contributed by atoms with van der Waals surface area (Å²) in [5, 5.41) is 2.85. The third-order valence-corrected chi connectivity index (χ3v) is 2.52. The zero-order valence-electron chi connectivity index (χ0n) is 12.2. The van der Waals surface area contributed by atoms with Crippen molar-refractivity contribution in [1.82, 2.24) is 15.3 Å². The first kappa shape index (κ1) is 15.4. The van der Waals surface area contributed by atoms with Crippen LogP contribution in [0.2, 0.25) is 0 Å². The van der Waals surface area contributed by atoms with E-state index in [0.717, 1.165) is 0 Å². The van der Waals surface area contributed by atoms with Crippen LogP contribution >= 0.6 is 0 Å². The molecule has 0 saturated carbocycles. The molecule has 3 N–H and O–H groups in total. The number of carbonyl (C=O) groups excluding carboxylic acids is 1. The predicted molar refractivity (Wildman–Crippen MR) is 74.0 cm³/mol. The minimum absolute atomic E-state index is 0.138. The molecule has 0 radical (unpaired) electrons. The second-order valence-electron chi connectivity index (χ2n) is 5.46. The maximum atomic E-state index is 12.2. The van der Waals surface area contributed by atoms with Crippen LogP contribution in [0, 0.1) is 0 Å². The maximum Gasteiger partial charge on any atom is 0.272 e. The summed E-state index contributed by atoms with van der Waals surface area (Å²) in [6.45, 7) is 8.06. The average Bonchev–Trinajstić information content (AvgIpc) is 2.28. The Morgan fingerprint density at radius 2 is 2.16 bits per heavy atom. The minimum Gasteiger partial charge on any atom is -0.396 e. The van der Waals surface area contributed by atoms with Crippen LogP contribution in [0.15, 0.2) is 6.20 Å². The molecule has 0 aliphatic heterocycles. The Kier molecular flexibility index (Phi) is 4.83. The largest absolute Gasteiger partial charge is 0.396 e. The molecule has 0 aliphatic rings. The molecular formula is C13H22N4O2. The molecule has 19 heavy (non-hydrogen) atoms. The number of rotatable bonds is 5. The van der Waals surface area contributed by atoms with Gasteiger partial charge >= 0.3 is 0 Å². The predicted octanol–water partition coefficient (Wildman–Crippen LogP) is 1.34. The quantitative estimate of drug-likeness (QED) is 0.839. The standard InChI is InChI=1S/C13H22N4O2/c1-8(2)11-15-6-9(14)10(16-11)12(18)17-13(3,4)7-19-5/h6,8H,7,14H2,1-5H3,(H,17,18). The Hall–Kier alpha value is -1.69. The molecule has 1 aromatic rings. The Labute approximate surface area is 113 Å². The Morgan fingerprint density at radius 1 is 1.53 bits per heavy atom. The fourth-order valence-corrected chi connectivity index (χ4v) is 1.63. The molecule has 106 valence electrons. The van der Waals surface area contributed by atoms with E-state index in [4.69, 9.17) is 10.5 Å². The zero-order valence-corrected chi connectivity index (χ0v) is 12.2. The van der Waals surface area contributed by atoms with Gasteiger partial charge in [0.2, 0.25) is 0 Å². The first-order chi connectivity index (χ1) is 8.76. The van der Waals surface area contributed by atoms with Gasteiger partial charge in [-0.05, 0) is 13.8 Å². The summed E-state index contributed by atoms with van der Waals surface area (Å²) >= 11 is 0. The third kappa shape index (κ3) is 4.17. The molecule has 1 heterocycles. The molecule has 1 rings (SSSR count). The maximum absolute atomic E-state index is 12.2. The summed E-state index contributed by atoms with van der Waals surface area (Å²) in [4.78, 5) is 20.5. The molecule has 0 spiro atoms. The molecule has 0 fully saturated rings. The lowest BCUT2D eigenvalue weighted by Crippen LogP contribution is -2.47. The van der Waals surface area contributed by atoms with Gasteiger partial charge in [-0.25, -0.2) is 9.97 Å². The number of amides is 1. The van der Waals surface area contributed by atoms with Crippen LogP contribution in [0.1, 0.15) is 49.9 Å². The number of anilines is 1. The third-order valence-electron chi connectivity index (χ3n) is 2.52. The fraction of sp³-hybridized carbons (Fsp3) is 0.615. The second kappa shape index (κ2) is 5.97. The van der Waals surface area contributed by atoms with Crippen molar-refractivity contribution in [2.45, 2.75) is 39.2 Å². The van der Waals surface area contributed by atoms with E-state index in [0.29, 0.717) is 12.4 Å². The molecule has 0 bridgehead atoms. The van der Waals surface area contributed by atoms with Gasteiger partial charge in [-0.1, -0.05) is 13.8 Å². The van der Waals surface area contributed by atoms with Crippen LogP contribution in [0.5, 0.6) is 0 Å². The summed E-state index contributed by atoms with van der Waals surface area (Å²) in [7, 11) is 1.59. The number of nitrogens with two attached hydrogens (primary N) is 1. The number of methoxy groups -OCH3 is 1. The van der Waals surface area contributed by atoms with E-state index in [-0.39, 0.29) is 23.2 Å². The molecule has 0 aromatic carbocycles. The van der Waals surface area contributed by atoms with E-state index < -0.39 is 5.54 Å². The van der Waals surface area contributed by atoms with E-state index in [1.54, 1.807) is 7.11 Å². The molecule has 0 unspecified atom stereocenters. The van der Waals surface area contributed by atoms with Crippen molar-refractivity contribution in [2.75, 3.05) is 19.5 Å². The van der Waals surface area contributed by atoms with Crippen LogP contribution in [0.25, 0.3) is 0 Å². The number of nitrogens with one attached hydrogen (secondary N) is 1. The number of carbonyl (C=O) groups is 1. The highest BCUT2D eigenvalue weighted by molar-refractivity contribution is 5.97. The van der Waals surface area contributed by atoms with Crippen molar-refractivity contribution in [1.29, 1.82) is 0 Å².